The summed E-state index contributed by atoms with van der Waals surface area (Å²) in [7, 11) is 0. The van der Waals surface area contributed by atoms with E-state index in [1.807, 2.05) is 11.0 Å². The van der Waals surface area contributed by atoms with Gasteiger partial charge in [-0.05, 0) is 30.5 Å². The summed E-state index contributed by atoms with van der Waals surface area (Å²) >= 11 is 0. The third-order valence-electron chi connectivity index (χ3n) is 6.28. The largest absolute Gasteiger partial charge is 0.379 e. The average Bonchev–Trinajstić information content (AvgIpc) is 3.22. The maximum Gasteiger partial charge on any atom is 0.228 e. The van der Waals surface area contributed by atoms with Crippen LogP contribution in [0.25, 0.3) is 0 Å². The van der Waals surface area contributed by atoms with E-state index < -0.39 is 0 Å². The number of rotatable bonds is 8. The molecule has 2 heterocycles. The van der Waals surface area contributed by atoms with Crippen molar-refractivity contribution in [2.24, 2.45) is 0 Å². The standard InChI is InChI=1S/C25H33N3O2/c1-21(19-26-15-17-30-18-16-26)27(20-22-7-3-2-4-8-22)13-12-25(29)28-14-11-23-9-5-6-10-24(23)28/h2-10,21H,11-20H2,1H3. The van der Waals surface area contributed by atoms with Gasteiger partial charge in [-0.1, -0.05) is 48.5 Å². The molecule has 1 atom stereocenters. The van der Waals surface area contributed by atoms with Gasteiger partial charge >= 0.3 is 0 Å². The van der Waals surface area contributed by atoms with Crippen molar-refractivity contribution in [3.05, 3.63) is 65.7 Å². The molecule has 0 bridgehead atoms. The van der Waals surface area contributed by atoms with Gasteiger partial charge in [0.15, 0.2) is 0 Å². The molecule has 1 saturated heterocycles. The number of amides is 1. The number of hydrogen-bond acceptors (Lipinski definition) is 4. The molecular formula is C25H33N3O2. The summed E-state index contributed by atoms with van der Waals surface area (Å²) in [5, 5.41) is 0. The molecule has 4 rings (SSSR count). The second kappa shape index (κ2) is 10.2. The minimum atomic E-state index is 0.233. The summed E-state index contributed by atoms with van der Waals surface area (Å²) in [4.78, 5) is 20.0. The van der Waals surface area contributed by atoms with Crippen LogP contribution < -0.4 is 4.90 Å². The Morgan fingerprint density at radius 2 is 1.77 bits per heavy atom. The van der Waals surface area contributed by atoms with Crippen molar-refractivity contribution in [2.45, 2.75) is 32.4 Å². The molecule has 0 radical (unpaired) electrons. The second-order valence-electron chi connectivity index (χ2n) is 8.39. The molecule has 2 aromatic carbocycles. The fourth-order valence-electron chi connectivity index (χ4n) is 4.52. The predicted molar refractivity (Wildman–Crippen MR) is 121 cm³/mol. The number of hydrogen-bond donors (Lipinski definition) is 0. The van der Waals surface area contributed by atoms with Gasteiger partial charge in [-0.2, -0.15) is 0 Å². The number of fused-ring (bicyclic) bond motifs is 1. The van der Waals surface area contributed by atoms with Crippen molar-refractivity contribution in [3.8, 4) is 0 Å². The maximum atomic E-state index is 13.0. The van der Waals surface area contributed by atoms with Crippen LogP contribution in [0.3, 0.4) is 0 Å². The Morgan fingerprint density at radius 3 is 2.57 bits per heavy atom. The molecule has 0 saturated carbocycles. The fourth-order valence-corrected chi connectivity index (χ4v) is 4.52. The van der Waals surface area contributed by atoms with E-state index in [-0.39, 0.29) is 5.91 Å². The van der Waals surface area contributed by atoms with Gasteiger partial charge in [0.25, 0.3) is 0 Å². The van der Waals surface area contributed by atoms with Crippen LogP contribution in [0.15, 0.2) is 54.6 Å². The van der Waals surface area contributed by atoms with Gasteiger partial charge in [0.2, 0.25) is 5.91 Å². The Kier molecular flexibility index (Phi) is 7.16. The topological polar surface area (TPSA) is 36.0 Å². The molecule has 30 heavy (non-hydrogen) atoms. The average molecular weight is 408 g/mol. The van der Waals surface area contributed by atoms with E-state index in [9.17, 15) is 4.79 Å². The van der Waals surface area contributed by atoms with E-state index in [4.69, 9.17) is 4.74 Å². The molecule has 2 aromatic rings. The van der Waals surface area contributed by atoms with E-state index in [1.165, 1.54) is 11.1 Å². The fraction of sp³-hybridized carbons (Fsp3) is 0.480. The molecule has 0 aliphatic carbocycles. The lowest BCUT2D eigenvalue weighted by Gasteiger charge is -2.35. The van der Waals surface area contributed by atoms with Crippen molar-refractivity contribution in [3.63, 3.8) is 0 Å². The number of morpholine rings is 1. The lowest BCUT2D eigenvalue weighted by atomic mass is 10.1. The quantitative estimate of drug-likeness (QED) is 0.673. The van der Waals surface area contributed by atoms with Crippen molar-refractivity contribution in [2.75, 3.05) is 50.8 Å². The zero-order chi connectivity index (χ0) is 20.8. The van der Waals surface area contributed by atoms with Gasteiger partial charge in [0.05, 0.1) is 13.2 Å². The molecule has 5 heteroatoms. The molecule has 0 spiro atoms. The highest BCUT2D eigenvalue weighted by molar-refractivity contribution is 5.95. The summed E-state index contributed by atoms with van der Waals surface area (Å²) in [5.41, 5.74) is 3.68. The number of nitrogens with zero attached hydrogens (tertiary/aromatic N) is 3. The lowest BCUT2D eigenvalue weighted by molar-refractivity contribution is -0.119. The monoisotopic (exact) mass is 407 g/mol. The van der Waals surface area contributed by atoms with Gasteiger partial charge in [0, 0.05) is 57.4 Å². The number of benzene rings is 2. The Morgan fingerprint density at radius 1 is 1.03 bits per heavy atom. The Balaban J connectivity index is 1.39. The molecule has 1 fully saturated rings. The molecule has 0 aromatic heterocycles. The molecule has 1 amide bonds. The molecule has 2 aliphatic rings. The van der Waals surface area contributed by atoms with Crippen LogP contribution in [-0.2, 0) is 22.5 Å². The smallest absolute Gasteiger partial charge is 0.228 e. The van der Waals surface area contributed by atoms with E-state index in [1.54, 1.807) is 0 Å². The van der Waals surface area contributed by atoms with E-state index >= 15 is 0 Å². The molecule has 5 nitrogen and oxygen atoms in total. The third-order valence-corrected chi connectivity index (χ3v) is 6.28. The minimum absolute atomic E-state index is 0.233. The highest BCUT2D eigenvalue weighted by Gasteiger charge is 2.25. The lowest BCUT2D eigenvalue weighted by Crippen LogP contribution is -2.46. The Hall–Kier alpha value is -2.21. The van der Waals surface area contributed by atoms with E-state index in [2.05, 4.69) is 65.3 Å². The summed E-state index contributed by atoms with van der Waals surface area (Å²) in [6.07, 6.45) is 1.51. The zero-order valence-corrected chi connectivity index (χ0v) is 18.0. The van der Waals surface area contributed by atoms with Crippen molar-refractivity contribution in [1.82, 2.24) is 9.80 Å². The Labute approximate surface area is 180 Å². The van der Waals surface area contributed by atoms with Crippen molar-refractivity contribution in [1.29, 1.82) is 0 Å². The van der Waals surface area contributed by atoms with Crippen LogP contribution in [-0.4, -0.2) is 67.7 Å². The number of anilines is 1. The van der Waals surface area contributed by atoms with Crippen LogP contribution >= 0.6 is 0 Å². The number of para-hydroxylation sites is 1. The van der Waals surface area contributed by atoms with Crippen LogP contribution in [0.2, 0.25) is 0 Å². The molecule has 1 unspecified atom stereocenters. The first-order valence-electron chi connectivity index (χ1n) is 11.2. The normalized spacial score (nSPS) is 17.9. The first-order valence-corrected chi connectivity index (χ1v) is 11.2. The first-order chi connectivity index (χ1) is 14.7. The van der Waals surface area contributed by atoms with Gasteiger partial charge in [-0.3, -0.25) is 14.6 Å². The predicted octanol–water partition coefficient (Wildman–Crippen LogP) is 3.19. The molecule has 2 aliphatic heterocycles. The molecule has 160 valence electrons. The number of carbonyl (C=O) groups excluding carboxylic acids is 1. The van der Waals surface area contributed by atoms with Crippen molar-refractivity contribution >= 4 is 11.6 Å². The van der Waals surface area contributed by atoms with Gasteiger partial charge in [0.1, 0.15) is 0 Å². The summed E-state index contributed by atoms with van der Waals surface area (Å²) in [6, 6.07) is 19.2. The van der Waals surface area contributed by atoms with Gasteiger partial charge < -0.3 is 9.64 Å². The zero-order valence-electron chi connectivity index (χ0n) is 18.0. The molecular weight excluding hydrogens is 374 g/mol. The van der Waals surface area contributed by atoms with Gasteiger partial charge in [-0.25, -0.2) is 0 Å². The number of carbonyl (C=O) groups is 1. The summed E-state index contributed by atoms with van der Waals surface area (Å²) < 4.78 is 5.50. The van der Waals surface area contributed by atoms with Crippen LogP contribution in [0.4, 0.5) is 5.69 Å². The molecule has 0 N–H and O–H groups in total. The van der Waals surface area contributed by atoms with Crippen LogP contribution in [0.1, 0.15) is 24.5 Å². The van der Waals surface area contributed by atoms with Gasteiger partial charge in [-0.15, -0.1) is 0 Å². The highest BCUT2D eigenvalue weighted by Crippen LogP contribution is 2.28. The maximum absolute atomic E-state index is 13.0. The van der Waals surface area contributed by atoms with Crippen molar-refractivity contribution < 1.29 is 9.53 Å². The number of ether oxygens (including phenoxy) is 1. The highest BCUT2D eigenvalue weighted by atomic mass is 16.5. The van der Waals surface area contributed by atoms with E-state index in [0.29, 0.717) is 12.5 Å². The Bertz CT molecular complexity index is 820. The second-order valence-corrected chi connectivity index (χ2v) is 8.39. The SMILES string of the molecule is CC(CN1CCOCC1)N(CCC(=O)N1CCc2ccccc21)Cc1ccccc1. The summed E-state index contributed by atoms with van der Waals surface area (Å²) in [5.74, 6) is 0.233. The first kappa shape index (κ1) is 21.0. The van der Waals surface area contributed by atoms with Crippen LogP contribution in [0.5, 0.6) is 0 Å². The summed E-state index contributed by atoms with van der Waals surface area (Å²) in [6.45, 7) is 9.37. The van der Waals surface area contributed by atoms with E-state index in [0.717, 1.165) is 64.6 Å². The minimum Gasteiger partial charge on any atom is -0.379 e. The van der Waals surface area contributed by atoms with Crippen LogP contribution in [0, 0.1) is 0 Å². The third kappa shape index (κ3) is 5.28.